The fraction of sp³-hybridized carbons (Fsp3) is 0.395. The zero-order valence-electron chi connectivity index (χ0n) is 32.6. The topological polar surface area (TPSA) is 140 Å². The number of carbonyl (C=O) groups is 5. The standard InChI is InChI=1S/C43H45F3N8O5/c1-50-25-36(48-26-50)34-22-29(4-9-35(34)47-24-28-2-5-30(6-3-28)43(44,45)46)40(57)53-16-13-27(14-17-53)12-15-51-18-20-52(21-19-51)31-7-8-32-33(23-31)42(59)54(41(32)58)37-10-11-38(55)49-39(37)56/h2-9,22-23,25-27,37,47H,10-21,24H2,1H3,(H,49,55,56)/t37-/m0/s1. The van der Waals surface area contributed by atoms with Crippen molar-refractivity contribution in [2.45, 2.75) is 50.9 Å². The predicted molar refractivity (Wildman–Crippen MR) is 212 cm³/mol. The van der Waals surface area contributed by atoms with Gasteiger partial charge in [0.2, 0.25) is 11.8 Å². The number of piperidine rings is 2. The van der Waals surface area contributed by atoms with E-state index in [0.717, 1.165) is 86.0 Å². The summed E-state index contributed by atoms with van der Waals surface area (Å²) in [6.07, 6.45) is 2.17. The first kappa shape index (κ1) is 39.8. The summed E-state index contributed by atoms with van der Waals surface area (Å²) in [5, 5.41) is 5.55. The number of alkyl halides is 3. The number of halogens is 3. The average Bonchev–Trinajstić information content (AvgIpc) is 3.78. The van der Waals surface area contributed by atoms with Crippen LogP contribution in [0.2, 0.25) is 0 Å². The van der Waals surface area contributed by atoms with Gasteiger partial charge in [-0.1, -0.05) is 12.1 Å². The fourth-order valence-electron chi connectivity index (χ4n) is 8.46. The number of fused-ring (bicyclic) bond motifs is 1. The van der Waals surface area contributed by atoms with Crippen LogP contribution in [0.25, 0.3) is 11.3 Å². The first-order chi connectivity index (χ1) is 28.3. The molecule has 0 unspecified atom stereocenters. The first-order valence-corrected chi connectivity index (χ1v) is 20.0. The van der Waals surface area contributed by atoms with Crippen molar-refractivity contribution in [3.63, 3.8) is 0 Å². The highest BCUT2D eigenvalue weighted by atomic mass is 19.4. The van der Waals surface area contributed by atoms with E-state index in [1.165, 1.54) is 12.1 Å². The number of rotatable bonds is 10. The van der Waals surface area contributed by atoms with Gasteiger partial charge in [0.05, 0.1) is 28.7 Å². The Morgan fingerprint density at radius 3 is 2.25 bits per heavy atom. The van der Waals surface area contributed by atoms with Gasteiger partial charge >= 0.3 is 6.18 Å². The highest BCUT2D eigenvalue weighted by Gasteiger charge is 2.45. The molecule has 8 rings (SSSR count). The number of benzene rings is 3. The highest BCUT2D eigenvalue weighted by molar-refractivity contribution is 6.23. The third-order valence-corrected chi connectivity index (χ3v) is 11.9. The van der Waals surface area contributed by atoms with Gasteiger partial charge in [0.1, 0.15) is 6.04 Å². The lowest BCUT2D eigenvalue weighted by Crippen LogP contribution is -2.54. The lowest BCUT2D eigenvalue weighted by Gasteiger charge is -2.38. The number of aryl methyl sites for hydroxylation is 1. The van der Waals surface area contributed by atoms with Crippen LogP contribution in [0.3, 0.4) is 0 Å². The fourth-order valence-corrected chi connectivity index (χ4v) is 8.46. The van der Waals surface area contributed by atoms with E-state index in [-0.39, 0.29) is 29.9 Å². The number of nitrogens with zero attached hydrogens (tertiary/aromatic N) is 6. The Bertz CT molecular complexity index is 2280. The second kappa shape index (κ2) is 16.3. The number of likely N-dealkylation sites (tertiary alicyclic amines) is 1. The van der Waals surface area contributed by atoms with E-state index in [1.54, 1.807) is 24.5 Å². The van der Waals surface area contributed by atoms with Gasteiger partial charge in [-0.25, -0.2) is 4.98 Å². The maximum absolute atomic E-state index is 13.8. The molecule has 16 heteroatoms. The molecule has 5 amide bonds. The highest BCUT2D eigenvalue weighted by Crippen LogP contribution is 2.33. The number of amides is 5. The van der Waals surface area contributed by atoms with Crippen LogP contribution in [-0.2, 0) is 29.4 Å². The minimum absolute atomic E-state index is 0.0488. The molecule has 308 valence electrons. The van der Waals surface area contributed by atoms with Gasteiger partial charge in [0.25, 0.3) is 17.7 Å². The van der Waals surface area contributed by atoms with Crippen molar-refractivity contribution < 1.29 is 37.1 Å². The molecule has 3 saturated heterocycles. The molecule has 3 fully saturated rings. The number of carbonyl (C=O) groups excluding carboxylic acids is 5. The van der Waals surface area contributed by atoms with Gasteiger partial charge in [0.15, 0.2) is 0 Å². The summed E-state index contributed by atoms with van der Waals surface area (Å²) in [6, 6.07) is 14.7. The van der Waals surface area contributed by atoms with Gasteiger partial charge in [-0.15, -0.1) is 0 Å². The van der Waals surface area contributed by atoms with E-state index in [0.29, 0.717) is 42.4 Å². The maximum atomic E-state index is 13.8. The molecule has 5 heterocycles. The van der Waals surface area contributed by atoms with Crippen LogP contribution >= 0.6 is 0 Å². The molecule has 0 aliphatic carbocycles. The third kappa shape index (κ3) is 8.44. The van der Waals surface area contributed by atoms with Crippen molar-refractivity contribution in [1.29, 1.82) is 0 Å². The predicted octanol–water partition coefficient (Wildman–Crippen LogP) is 5.18. The largest absolute Gasteiger partial charge is 0.416 e. The van der Waals surface area contributed by atoms with Gasteiger partial charge in [-0.3, -0.25) is 39.1 Å². The molecular formula is C43H45F3N8O5. The Labute approximate surface area is 339 Å². The average molecular weight is 811 g/mol. The Morgan fingerprint density at radius 2 is 1.58 bits per heavy atom. The number of aromatic nitrogens is 2. The molecule has 0 bridgehead atoms. The summed E-state index contributed by atoms with van der Waals surface area (Å²) in [4.78, 5) is 76.3. The number of piperazine rings is 1. The van der Waals surface area contributed by atoms with Crippen LogP contribution in [0.1, 0.15) is 74.3 Å². The van der Waals surface area contributed by atoms with Crippen LogP contribution in [-0.4, -0.2) is 106 Å². The second-order valence-corrected chi connectivity index (χ2v) is 15.8. The summed E-state index contributed by atoms with van der Waals surface area (Å²) < 4.78 is 40.9. The lowest BCUT2D eigenvalue weighted by atomic mass is 9.92. The monoisotopic (exact) mass is 810 g/mol. The number of hydrogen-bond acceptors (Lipinski definition) is 9. The molecule has 4 aromatic rings. The minimum atomic E-state index is -4.40. The van der Waals surface area contributed by atoms with Crippen LogP contribution in [0.5, 0.6) is 0 Å². The number of anilines is 2. The third-order valence-electron chi connectivity index (χ3n) is 11.9. The lowest BCUT2D eigenvalue weighted by molar-refractivity contribution is -0.138. The Hall–Kier alpha value is -6.03. The molecule has 0 spiro atoms. The summed E-state index contributed by atoms with van der Waals surface area (Å²) in [7, 11) is 1.86. The van der Waals surface area contributed by atoms with Crippen molar-refractivity contribution in [2.75, 3.05) is 56.0 Å². The molecule has 0 saturated carbocycles. The summed E-state index contributed by atoms with van der Waals surface area (Å²) in [6.45, 7) is 5.76. The molecule has 13 nitrogen and oxygen atoms in total. The number of hydrogen-bond donors (Lipinski definition) is 2. The van der Waals surface area contributed by atoms with Crippen molar-refractivity contribution in [3.8, 4) is 11.3 Å². The molecule has 4 aliphatic heterocycles. The van der Waals surface area contributed by atoms with E-state index in [9.17, 15) is 37.1 Å². The summed E-state index contributed by atoms with van der Waals surface area (Å²) >= 11 is 0. The van der Waals surface area contributed by atoms with Gasteiger partial charge in [-0.05, 0) is 92.2 Å². The SMILES string of the molecule is Cn1cnc(-c2cc(C(=O)N3CCC(CCN4CCN(c5ccc6c(c5)C(=O)N([C@H]5CCC(=O)NC5=O)C6=O)CC4)CC3)ccc2NCc2ccc(C(F)(F)F)cc2)c1. The van der Waals surface area contributed by atoms with Crippen LogP contribution in [0.15, 0.2) is 73.2 Å². The zero-order chi connectivity index (χ0) is 41.4. The molecule has 1 aromatic heterocycles. The van der Waals surface area contributed by atoms with Crippen molar-refractivity contribution in [1.82, 2.24) is 29.6 Å². The van der Waals surface area contributed by atoms with E-state index in [1.807, 2.05) is 40.9 Å². The van der Waals surface area contributed by atoms with E-state index >= 15 is 0 Å². The van der Waals surface area contributed by atoms with Crippen LogP contribution in [0, 0.1) is 5.92 Å². The minimum Gasteiger partial charge on any atom is -0.380 e. The Balaban J connectivity index is 0.816. The molecular weight excluding hydrogens is 766 g/mol. The van der Waals surface area contributed by atoms with E-state index < -0.39 is 41.4 Å². The Kier molecular flexibility index (Phi) is 11.0. The van der Waals surface area contributed by atoms with E-state index in [2.05, 4.69) is 25.4 Å². The molecule has 0 radical (unpaired) electrons. The van der Waals surface area contributed by atoms with Gasteiger partial charge in [-0.2, -0.15) is 13.2 Å². The molecule has 1 atom stereocenters. The van der Waals surface area contributed by atoms with Crippen LogP contribution in [0.4, 0.5) is 24.5 Å². The maximum Gasteiger partial charge on any atom is 0.416 e. The Morgan fingerprint density at radius 1 is 0.847 bits per heavy atom. The van der Waals surface area contributed by atoms with Gasteiger partial charge < -0.3 is 19.7 Å². The van der Waals surface area contributed by atoms with Crippen LogP contribution < -0.4 is 15.5 Å². The number of imide groups is 2. The van der Waals surface area contributed by atoms with Crippen molar-refractivity contribution >= 4 is 40.9 Å². The molecule has 4 aliphatic rings. The molecule has 2 N–H and O–H groups in total. The normalized spacial score (nSPS) is 19.3. The number of imidazole rings is 1. The first-order valence-electron chi connectivity index (χ1n) is 20.0. The summed E-state index contributed by atoms with van der Waals surface area (Å²) in [5.74, 6) is -1.61. The molecule has 59 heavy (non-hydrogen) atoms. The second-order valence-electron chi connectivity index (χ2n) is 15.8. The van der Waals surface area contributed by atoms with Crippen molar-refractivity contribution in [3.05, 3.63) is 101 Å². The smallest absolute Gasteiger partial charge is 0.380 e. The van der Waals surface area contributed by atoms with Crippen molar-refractivity contribution in [2.24, 2.45) is 13.0 Å². The van der Waals surface area contributed by atoms with Gasteiger partial charge in [0, 0.05) is 88.0 Å². The van der Waals surface area contributed by atoms with E-state index in [4.69, 9.17) is 0 Å². The zero-order valence-corrected chi connectivity index (χ0v) is 32.6. The molecule has 3 aromatic carbocycles. The number of nitrogens with one attached hydrogen (secondary N) is 2. The summed E-state index contributed by atoms with van der Waals surface area (Å²) in [5.41, 5.74) is 4.06. The quantitative estimate of drug-likeness (QED) is 0.208.